The Morgan fingerprint density at radius 1 is 0.941 bits per heavy atom. The number of nitrogens with zero attached hydrogens (tertiary/aromatic N) is 5. The quantitative estimate of drug-likeness (QED) is 0.585. The van der Waals surface area contributed by atoms with Gasteiger partial charge in [0.25, 0.3) is 5.91 Å². The summed E-state index contributed by atoms with van der Waals surface area (Å²) in [6.07, 6.45) is 1.69. The Balaban J connectivity index is 1.35. The van der Waals surface area contributed by atoms with E-state index in [0.29, 0.717) is 49.3 Å². The van der Waals surface area contributed by atoms with E-state index in [0.717, 1.165) is 16.9 Å². The summed E-state index contributed by atoms with van der Waals surface area (Å²) in [4.78, 5) is 39.4. The number of carbonyl (C=O) groups excluding carboxylic acids is 2. The Morgan fingerprint density at radius 2 is 1.59 bits per heavy atom. The lowest BCUT2D eigenvalue weighted by Crippen LogP contribution is -2.52. The molecule has 1 fully saturated rings. The van der Waals surface area contributed by atoms with Gasteiger partial charge in [-0.2, -0.15) is 0 Å². The second-order valence-corrected chi connectivity index (χ2v) is 8.82. The zero-order valence-corrected chi connectivity index (χ0v) is 20.0. The van der Waals surface area contributed by atoms with Crippen LogP contribution in [0.15, 0.2) is 60.8 Å². The third-order valence-corrected chi connectivity index (χ3v) is 5.81. The van der Waals surface area contributed by atoms with Crippen molar-refractivity contribution in [3.8, 4) is 11.3 Å². The van der Waals surface area contributed by atoms with Crippen molar-refractivity contribution >= 4 is 35.1 Å². The zero-order chi connectivity index (χ0) is 24.1. The van der Waals surface area contributed by atoms with Crippen molar-refractivity contribution in [1.82, 2.24) is 24.7 Å². The molecule has 1 saturated heterocycles. The summed E-state index contributed by atoms with van der Waals surface area (Å²) in [7, 11) is 3.75. The van der Waals surface area contributed by atoms with Gasteiger partial charge in [0.1, 0.15) is 0 Å². The first-order valence-corrected chi connectivity index (χ1v) is 11.4. The van der Waals surface area contributed by atoms with Crippen LogP contribution in [0.5, 0.6) is 0 Å². The maximum absolute atomic E-state index is 12.9. The number of aromatic nitrogens is 2. The van der Waals surface area contributed by atoms with Crippen molar-refractivity contribution in [3.63, 3.8) is 0 Å². The predicted octanol–water partition coefficient (Wildman–Crippen LogP) is 3.39. The average Bonchev–Trinajstić information content (AvgIpc) is 2.84. The Morgan fingerprint density at radius 3 is 2.24 bits per heavy atom. The van der Waals surface area contributed by atoms with Crippen LogP contribution in [0, 0.1) is 0 Å². The van der Waals surface area contributed by atoms with Crippen molar-refractivity contribution in [3.05, 3.63) is 71.4 Å². The van der Waals surface area contributed by atoms with Crippen LogP contribution >= 0.6 is 11.6 Å². The Labute approximate surface area is 204 Å². The van der Waals surface area contributed by atoms with Crippen LogP contribution in [0.1, 0.15) is 10.4 Å². The van der Waals surface area contributed by atoms with Crippen LogP contribution in [0.25, 0.3) is 11.3 Å². The Hall–Kier alpha value is -3.49. The summed E-state index contributed by atoms with van der Waals surface area (Å²) in [5.74, 6) is 0.521. The molecule has 4 rings (SSSR count). The molecule has 0 aliphatic carbocycles. The van der Waals surface area contributed by atoms with Gasteiger partial charge in [0, 0.05) is 54.2 Å². The monoisotopic (exact) mass is 478 g/mol. The largest absolute Gasteiger partial charge is 0.338 e. The van der Waals surface area contributed by atoms with Crippen molar-refractivity contribution in [1.29, 1.82) is 0 Å². The minimum absolute atomic E-state index is 0.0350. The summed E-state index contributed by atoms with van der Waals surface area (Å²) < 4.78 is 0. The highest BCUT2D eigenvalue weighted by Crippen LogP contribution is 2.22. The maximum Gasteiger partial charge on any atom is 0.253 e. The third-order valence-electron chi connectivity index (χ3n) is 5.55. The SMILES string of the molecule is CN(C)CC(=O)N1CCN(C(=O)c2ccc(Nc3nccc(-c4ccc(Cl)cc4)n3)cc2)CC1. The highest BCUT2D eigenvalue weighted by molar-refractivity contribution is 6.30. The molecule has 0 saturated carbocycles. The third kappa shape index (κ3) is 5.89. The number of benzene rings is 2. The van der Waals surface area contributed by atoms with E-state index in [1.165, 1.54) is 0 Å². The van der Waals surface area contributed by atoms with E-state index in [1.54, 1.807) is 23.2 Å². The standard InChI is InChI=1S/C25H27ClN6O2/c1-30(2)17-23(33)31-13-15-32(16-14-31)24(34)19-5-9-21(10-6-19)28-25-27-12-11-22(29-25)18-3-7-20(26)8-4-18/h3-12H,13-17H2,1-2H3,(H,27,28,29). The van der Waals surface area contributed by atoms with Crippen LogP contribution in [0.2, 0.25) is 5.02 Å². The van der Waals surface area contributed by atoms with E-state index >= 15 is 0 Å². The van der Waals surface area contributed by atoms with Gasteiger partial charge in [0.05, 0.1) is 12.2 Å². The molecule has 176 valence electrons. The van der Waals surface area contributed by atoms with Crippen LogP contribution in [-0.2, 0) is 4.79 Å². The van der Waals surface area contributed by atoms with Crippen molar-refractivity contribution < 1.29 is 9.59 Å². The van der Waals surface area contributed by atoms with Crippen molar-refractivity contribution in [2.24, 2.45) is 0 Å². The second-order valence-electron chi connectivity index (χ2n) is 8.39. The van der Waals surface area contributed by atoms with Crippen LogP contribution in [-0.4, -0.2) is 83.3 Å². The molecule has 0 spiro atoms. The van der Waals surface area contributed by atoms with Crippen LogP contribution < -0.4 is 5.32 Å². The molecule has 0 bridgehead atoms. The number of likely N-dealkylation sites (N-methyl/N-ethyl adjacent to an activating group) is 1. The molecule has 9 heteroatoms. The number of rotatable bonds is 6. The van der Waals surface area contributed by atoms with E-state index in [1.807, 2.05) is 66.4 Å². The van der Waals surface area contributed by atoms with Gasteiger partial charge in [-0.1, -0.05) is 23.7 Å². The van der Waals surface area contributed by atoms with Gasteiger partial charge in [-0.15, -0.1) is 0 Å². The first kappa shape index (κ1) is 23.7. The van der Waals surface area contributed by atoms with Crippen molar-refractivity contribution in [2.45, 2.75) is 0 Å². The highest BCUT2D eigenvalue weighted by atomic mass is 35.5. The lowest BCUT2D eigenvalue weighted by Gasteiger charge is -2.35. The Bertz CT molecular complexity index is 1140. The molecule has 1 N–H and O–H groups in total. The molecule has 0 unspecified atom stereocenters. The average molecular weight is 479 g/mol. The minimum atomic E-state index is -0.0350. The van der Waals surface area contributed by atoms with Gasteiger partial charge < -0.3 is 20.0 Å². The fourth-order valence-electron chi connectivity index (χ4n) is 3.74. The molecule has 0 radical (unpaired) electrons. The molecule has 34 heavy (non-hydrogen) atoms. The van der Waals surface area contributed by atoms with Gasteiger partial charge in [-0.3, -0.25) is 9.59 Å². The first-order chi connectivity index (χ1) is 16.4. The number of hydrogen-bond acceptors (Lipinski definition) is 6. The fourth-order valence-corrected chi connectivity index (χ4v) is 3.86. The second kappa shape index (κ2) is 10.6. The van der Waals surface area contributed by atoms with Gasteiger partial charge in [-0.25, -0.2) is 9.97 Å². The van der Waals surface area contributed by atoms with Gasteiger partial charge in [0.2, 0.25) is 11.9 Å². The molecule has 2 aromatic carbocycles. The number of hydrogen-bond donors (Lipinski definition) is 1. The number of amides is 2. The van der Waals surface area contributed by atoms with Gasteiger partial charge in [0.15, 0.2) is 0 Å². The molecule has 2 heterocycles. The van der Waals surface area contributed by atoms with Gasteiger partial charge >= 0.3 is 0 Å². The molecule has 1 aromatic heterocycles. The smallest absolute Gasteiger partial charge is 0.253 e. The predicted molar refractivity (Wildman–Crippen MR) is 133 cm³/mol. The molecular weight excluding hydrogens is 452 g/mol. The molecule has 3 aromatic rings. The molecule has 0 atom stereocenters. The number of nitrogens with one attached hydrogen (secondary N) is 1. The Kier molecular flexibility index (Phi) is 7.40. The topological polar surface area (TPSA) is 81.7 Å². The molecule has 2 amide bonds. The molecular formula is C25H27ClN6O2. The molecule has 8 nitrogen and oxygen atoms in total. The lowest BCUT2D eigenvalue weighted by atomic mass is 10.1. The van der Waals surface area contributed by atoms with Crippen LogP contribution in [0.3, 0.4) is 0 Å². The van der Waals surface area contributed by atoms with E-state index in [9.17, 15) is 9.59 Å². The molecule has 1 aliphatic rings. The molecule has 1 aliphatic heterocycles. The van der Waals surface area contributed by atoms with E-state index in [4.69, 9.17) is 11.6 Å². The summed E-state index contributed by atoms with van der Waals surface area (Å²) in [5, 5.41) is 3.86. The fraction of sp³-hybridized carbons (Fsp3) is 0.280. The van der Waals surface area contributed by atoms with E-state index in [-0.39, 0.29) is 11.8 Å². The van der Waals surface area contributed by atoms with Crippen LogP contribution in [0.4, 0.5) is 11.6 Å². The van der Waals surface area contributed by atoms with E-state index < -0.39 is 0 Å². The normalized spacial score (nSPS) is 13.8. The first-order valence-electron chi connectivity index (χ1n) is 11.1. The summed E-state index contributed by atoms with van der Waals surface area (Å²) in [6, 6.07) is 16.6. The van der Waals surface area contributed by atoms with E-state index in [2.05, 4.69) is 15.3 Å². The number of halogens is 1. The minimum Gasteiger partial charge on any atom is -0.338 e. The number of piperazine rings is 1. The number of anilines is 2. The summed E-state index contributed by atoms with van der Waals surface area (Å²) >= 11 is 5.97. The summed E-state index contributed by atoms with van der Waals surface area (Å²) in [5.41, 5.74) is 3.11. The maximum atomic E-state index is 12.9. The van der Waals surface area contributed by atoms with Gasteiger partial charge in [-0.05, 0) is 56.6 Å². The summed E-state index contributed by atoms with van der Waals surface area (Å²) in [6.45, 7) is 2.56. The number of carbonyl (C=O) groups is 2. The zero-order valence-electron chi connectivity index (χ0n) is 19.2. The van der Waals surface area contributed by atoms with Crippen molar-refractivity contribution in [2.75, 3.05) is 52.1 Å². The lowest BCUT2D eigenvalue weighted by molar-refractivity contribution is -0.133. The highest BCUT2D eigenvalue weighted by Gasteiger charge is 2.25.